The highest BCUT2D eigenvalue weighted by Crippen LogP contribution is 2.19. The first-order chi connectivity index (χ1) is 9.22. The summed E-state index contributed by atoms with van der Waals surface area (Å²) in [5.74, 6) is 1.45. The van der Waals surface area contributed by atoms with Gasteiger partial charge in [-0.25, -0.2) is 9.97 Å². The number of hydrogen-bond acceptors (Lipinski definition) is 4. The molecule has 2 aromatic rings. The molecule has 1 aromatic heterocycles. The van der Waals surface area contributed by atoms with Crippen LogP contribution < -0.4 is 10.1 Å². The van der Waals surface area contributed by atoms with Crippen molar-refractivity contribution >= 4 is 5.82 Å². The fourth-order valence-corrected chi connectivity index (χ4v) is 2.02. The van der Waals surface area contributed by atoms with Crippen LogP contribution in [-0.2, 0) is 6.42 Å². The molecule has 0 spiro atoms. The first-order valence-electron chi connectivity index (χ1n) is 6.36. The number of nitrogens with one attached hydrogen (secondary N) is 1. The van der Waals surface area contributed by atoms with Crippen molar-refractivity contribution in [1.82, 2.24) is 9.97 Å². The molecule has 1 heterocycles. The van der Waals surface area contributed by atoms with Gasteiger partial charge in [0, 0.05) is 6.54 Å². The zero-order chi connectivity index (χ0) is 13.7. The molecule has 1 N–H and O–H groups in total. The lowest BCUT2D eigenvalue weighted by Gasteiger charge is -2.11. The third-order valence-electron chi connectivity index (χ3n) is 3.18. The topological polar surface area (TPSA) is 47.0 Å². The van der Waals surface area contributed by atoms with Crippen molar-refractivity contribution in [2.24, 2.45) is 0 Å². The Morgan fingerprint density at radius 3 is 2.68 bits per heavy atom. The molecule has 0 fully saturated rings. The van der Waals surface area contributed by atoms with Gasteiger partial charge in [0.1, 0.15) is 12.1 Å². The van der Waals surface area contributed by atoms with E-state index in [2.05, 4.69) is 46.5 Å². The van der Waals surface area contributed by atoms with E-state index < -0.39 is 0 Å². The van der Waals surface area contributed by atoms with Gasteiger partial charge in [0.25, 0.3) is 0 Å². The number of aromatic nitrogens is 2. The van der Waals surface area contributed by atoms with Crippen LogP contribution in [0, 0.1) is 13.8 Å². The highest BCUT2D eigenvalue weighted by Gasteiger charge is 2.06. The second-order valence-corrected chi connectivity index (χ2v) is 4.46. The summed E-state index contributed by atoms with van der Waals surface area (Å²) in [5, 5.41) is 3.33. The molecule has 100 valence electrons. The number of rotatable bonds is 5. The number of anilines is 1. The number of aryl methyl sites for hydroxylation is 1. The van der Waals surface area contributed by atoms with Crippen LogP contribution in [-0.4, -0.2) is 23.6 Å². The van der Waals surface area contributed by atoms with E-state index in [1.807, 2.05) is 6.92 Å². The van der Waals surface area contributed by atoms with Crippen LogP contribution >= 0.6 is 0 Å². The third-order valence-corrected chi connectivity index (χ3v) is 3.18. The maximum absolute atomic E-state index is 5.18. The Hall–Kier alpha value is -2.10. The molecule has 0 amide bonds. The van der Waals surface area contributed by atoms with E-state index in [-0.39, 0.29) is 0 Å². The summed E-state index contributed by atoms with van der Waals surface area (Å²) in [6.07, 6.45) is 2.49. The molecule has 2 rings (SSSR count). The fourth-order valence-electron chi connectivity index (χ4n) is 2.02. The lowest BCUT2D eigenvalue weighted by Crippen LogP contribution is -2.09. The maximum Gasteiger partial charge on any atom is 0.221 e. The zero-order valence-electron chi connectivity index (χ0n) is 11.6. The molecule has 0 atom stereocenters. The van der Waals surface area contributed by atoms with E-state index >= 15 is 0 Å². The molecule has 0 aliphatic rings. The second kappa shape index (κ2) is 6.18. The first-order valence-corrected chi connectivity index (χ1v) is 6.36. The molecule has 4 nitrogen and oxygen atoms in total. The van der Waals surface area contributed by atoms with Crippen LogP contribution in [0.3, 0.4) is 0 Å². The summed E-state index contributed by atoms with van der Waals surface area (Å²) >= 11 is 0. The molecule has 0 unspecified atom stereocenters. The van der Waals surface area contributed by atoms with Crippen molar-refractivity contribution in [1.29, 1.82) is 0 Å². The zero-order valence-corrected chi connectivity index (χ0v) is 11.6. The van der Waals surface area contributed by atoms with Crippen molar-refractivity contribution in [2.75, 3.05) is 19.0 Å². The normalized spacial score (nSPS) is 10.3. The summed E-state index contributed by atoms with van der Waals surface area (Å²) in [5.41, 5.74) is 3.62. The van der Waals surface area contributed by atoms with Gasteiger partial charge in [-0.2, -0.15) is 0 Å². The number of ether oxygens (including phenoxy) is 1. The lowest BCUT2D eigenvalue weighted by atomic mass is 10.1. The number of nitrogens with zero attached hydrogens (tertiary/aromatic N) is 2. The minimum absolute atomic E-state index is 0.619. The van der Waals surface area contributed by atoms with Gasteiger partial charge in [-0.05, 0) is 31.4 Å². The molecule has 4 heteroatoms. The largest absolute Gasteiger partial charge is 0.481 e. The minimum Gasteiger partial charge on any atom is -0.481 e. The lowest BCUT2D eigenvalue weighted by molar-refractivity contribution is 0.393. The molecule has 1 aromatic carbocycles. The Morgan fingerprint density at radius 1 is 1.16 bits per heavy atom. The predicted octanol–water partition coefficient (Wildman–Crippen LogP) is 2.76. The molecular weight excluding hydrogens is 238 g/mol. The van der Waals surface area contributed by atoms with Gasteiger partial charge in [-0.3, -0.25) is 0 Å². The molecule has 0 aliphatic heterocycles. The minimum atomic E-state index is 0.619. The van der Waals surface area contributed by atoms with Gasteiger partial charge in [0.05, 0.1) is 12.7 Å². The van der Waals surface area contributed by atoms with Gasteiger partial charge >= 0.3 is 0 Å². The van der Waals surface area contributed by atoms with Crippen molar-refractivity contribution in [3.8, 4) is 5.88 Å². The van der Waals surface area contributed by atoms with Crippen molar-refractivity contribution in [2.45, 2.75) is 20.3 Å². The van der Waals surface area contributed by atoms with Crippen LogP contribution in [0.1, 0.15) is 16.7 Å². The Kier molecular flexibility index (Phi) is 4.34. The Labute approximate surface area is 113 Å². The number of benzene rings is 1. The van der Waals surface area contributed by atoms with E-state index in [1.54, 1.807) is 7.11 Å². The summed E-state index contributed by atoms with van der Waals surface area (Å²) in [4.78, 5) is 8.30. The van der Waals surface area contributed by atoms with Crippen LogP contribution in [0.4, 0.5) is 5.82 Å². The Morgan fingerprint density at radius 2 is 1.95 bits per heavy atom. The van der Waals surface area contributed by atoms with Crippen LogP contribution in [0.15, 0.2) is 30.6 Å². The monoisotopic (exact) mass is 257 g/mol. The van der Waals surface area contributed by atoms with Gasteiger partial charge < -0.3 is 10.1 Å². The maximum atomic E-state index is 5.18. The van der Waals surface area contributed by atoms with Crippen LogP contribution in [0.2, 0.25) is 0 Å². The average molecular weight is 257 g/mol. The van der Waals surface area contributed by atoms with Gasteiger partial charge in [0.15, 0.2) is 0 Å². The molecule has 0 saturated heterocycles. The van der Waals surface area contributed by atoms with Crippen molar-refractivity contribution in [3.63, 3.8) is 0 Å². The number of hydrogen-bond donors (Lipinski definition) is 1. The summed E-state index contributed by atoms with van der Waals surface area (Å²) in [7, 11) is 1.62. The van der Waals surface area contributed by atoms with E-state index in [0.29, 0.717) is 5.88 Å². The third kappa shape index (κ3) is 3.22. The van der Waals surface area contributed by atoms with Gasteiger partial charge in [-0.15, -0.1) is 0 Å². The predicted molar refractivity (Wildman–Crippen MR) is 76.7 cm³/mol. The molecule has 0 bridgehead atoms. The Bertz CT molecular complexity index is 555. The number of methoxy groups -OCH3 is 1. The highest BCUT2D eigenvalue weighted by atomic mass is 16.5. The summed E-state index contributed by atoms with van der Waals surface area (Å²) in [6.45, 7) is 4.93. The van der Waals surface area contributed by atoms with Crippen LogP contribution in [0.25, 0.3) is 0 Å². The first kappa shape index (κ1) is 13.3. The summed E-state index contributed by atoms with van der Waals surface area (Å²) < 4.78 is 5.18. The summed E-state index contributed by atoms with van der Waals surface area (Å²) in [6, 6.07) is 8.42. The Balaban J connectivity index is 1.98. The van der Waals surface area contributed by atoms with Crippen molar-refractivity contribution in [3.05, 3.63) is 47.3 Å². The van der Waals surface area contributed by atoms with E-state index in [9.17, 15) is 0 Å². The smallest absolute Gasteiger partial charge is 0.221 e. The molecular formula is C15H19N3O. The SMILES string of the molecule is COc1ncnc(NCCc2ccccc2C)c1C. The highest BCUT2D eigenvalue weighted by molar-refractivity contribution is 5.47. The van der Waals surface area contributed by atoms with E-state index in [1.165, 1.54) is 17.5 Å². The van der Waals surface area contributed by atoms with Crippen LogP contribution in [0.5, 0.6) is 5.88 Å². The van der Waals surface area contributed by atoms with Gasteiger partial charge in [-0.1, -0.05) is 24.3 Å². The molecule has 0 aliphatic carbocycles. The quantitative estimate of drug-likeness (QED) is 0.894. The molecule has 0 radical (unpaired) electrons. The van der Waals surface area contributed by atoms with Gasteiger partial charge in [0.2, 0.25) is 5.88 Å². The van der Waals surface area contributed by atoms with E-state index in [0.717, 1.165) is 24.3 Å². The fraction of sp³-hybridized carbons (Fsp3) is 0.333. The average Bonchev–Trinajstić information content (AvgIpc) is 2.43. The standard InChI is InChI=1S/C15H19N3O/c1-11-6-4-5-7-13(11)8-9-16-14-12(2)15(19-3)18-10-17-14/h4-7,10H,8-9H2,1-3H3,(H,16,17,18). The second-order valence-electron chi connectivity index (χ2n) is 4.46. The van der Waals surface area contributed by atoms with E-state index in [4.69, 9.17) is 4.74 Å². The molecule has 19 heavy (non-hydrogen) atoms. The van der Waals surface area contributed by atoms with Crippen molar-refractivity contribution < 1.29 is 4.74 Å². The molecule has 0 saturated carbocycles.